The van der Waals surface area contributed by atoms with Gasteiger partial charge in [0.15, 0.2) is 5.82 Å². The SMILES string of the molecule is CCNc1cc(NCCCC(F)(F)F)nc(COC)n1. The molecule has 0 bridgehead atoms. The Balaban J connectivity index is 2.58. The number of aromatic nitrogens is 2. The van der Waals surface area contributed by atoms with Gasteiger partial charge in [-0.2, -0.15) is 13.2 Å². The molecule has 0 amide bonds. The first-order valence-electron chi connectivity index (χ1n) is 6.36. The van der Waals surface area contributed by atoms with Gasteiger partial charge in [-0.3, -0.25) is 0 Å². The van der Waals surface area contributed by atoms with Crippen molar-refractivity contribution in [2.24, 2.45) is 0 Å². The summed E-state index contributed by atoms with van der Waals surface area (Å²) in [7, 11) is 1.53. The van der Waals surface area contributed by atoms with Gasteiger partial charge in [0.05, 0.1) is 0 Å². The molecule has 0 aliphatic heterocycles. The molecule has 0 aliphatic carbocycles. The first kappa shape index (κ1) is 16.5. The van der Waals surface area contributed by atoms with Crippen LogP contribution in [0.25, 0.3) is 0 Å². The van der Waals surface area contributed by atoms with Gasteiger partial charge < -0.3 is 15.4 Å². The van der Waals surface area contributed by atoms with E-state index in [-0.39, 0.29) is 19.6 Å². The molecule has 114 valence electrons. The van der Waals surface area contributed by atoms with Crippen molar-refractivity contribution in [1.82, 2.24) is 9.97 Å². The van der Waals surface area contributed by atoms with Gasteiger partial charge in [0, 0.05) is 32.7 Å². The number of nitrogens with zero attached hydrogens (tertiary/aromatic N) is 2. The van der Waals surface area contributed by atoms with E-state index in [4.69, 9.17) is 4.74 Å². The molecule has 0 saturated carbocycles. The van der Waals surface area contributed by atoms with Gasteiger partial charge in [-0.05, 0) is 13.3 Å². The van der Waals surface area contributed by atoms with Gasteiger partial charge in [0.25, 0.3) is 0 Å². The summed E-state index contributed by atoms with van der Waals surface area (Å²) >= 11 is 0. The summed E-state index contributed by atoms with van der Waals surface area (Å²) in [6.07, 6.45) is -4.93. The highest BCUT2D eigenvalue weighted by Crippen LogP contribution is 2.21. The molecule has 20 heavy (non-hydrogen) atoms. The third-order valence-corrected chi connectivity index (χ3v) is 2.35. The molecule has 0 spiro atoms. The van der Waals surface area contributed by atoms with Crippen molar-refractivity contribution in [3.63, 3.8) is 0 Å². The minimum atomic E-state index is -4.12. The normalized spacial score (nSPS) is 11.4. The third kappa shape index (κ3) is 6.55. The molecule has 1 heterocycles. The Hall–Kier alpha value is -1.57. The van der Waals surface area contributed by atoms with Gasteiger partial charge in [0.1, 0.15) is 18.2 Å². The molecule has 0 aliphatic rings. The predicted octanol–water partition coefficient (Wildman–Crippen LogP) is 2.81. The Morgan fingerprint density at radius 1 is 1.20 bits per heavy atom. The van der Waals surface area contributed by atoms with Crippen LogP contribution in [0.15, 0.2) is 6.07 Å². The predicted molar refractivity (Wildman–Crippen MR) is 70.7 cm³/mol. The summed E-state index contributed by atoms with van der Waals surface area (Å²) in [6.45, 7) is 3.07. The average molecular weight is 292 g/mol. The Bertz CT molecular complexity index is 388. The van der Waals surface area contributed by atoms with Crippen molar-refractivity contribution in [1.29, 1.82) is 0 Å². The van der Waals surface area contributed by atoms with Crippen LogP contribution in [0.2, 0.25) is 0 Å². The second-order valence-corrected chi connectivity index (χ2v) is 4.16. The van der Waals surface area contributed by atoms with Gasteiger partial charge in [-0.1, -0.05) is 0 Å². The lowest BCUT2D eigenvalue weighted by Crippen LogP contribution is -2.13. The van der Waals surface area contributed by atoms with E-state index >= 15 is 0 Å². The Labute approximate surface area is 116 Å². The Kier molecular flexibility index (Phi) is 6.50. The third-order valence-electron chi connectivity index (χ3n) is 2.35. The zero-order valence-corrected chi connectivity index (χ0v) is 11.5. The quantitative estimate of drug-likeness (QED) is 0.722. The zero-order valence-electron chi connectivity index (χ0n) is 11.5. The second-order valence-electron chi connectivity index (χ2n) is 4.16. The highest BCUT2D eigenvalue weighted by molar-refractivity contribution is 5.47. The maximum atomic E-state index is 12.0. The van der Waals surface area contributed by atoms with E-state index in [0.29, 0.717) is 24.0 Å². The molecule has 2 N–H and O–H groups in total. The van der Waals surface area contributed by atoms with Crippen LogP contribution < -0.4 is 10.6 Å². The van der Waals surface area contributed by atoms with E-state index in [1.807, 2.05) is 6.92 Å². The lowest BCUT2D eigenvalue weighted by atomic mass is 10.3. The zero-order chi connectivity index (χ0) is 15.0. The van der Waals surface area contributed by atoms with Crippen molar-refractivity contribution in [3.05, 3.63) is 11.9 Å². The van der Waals surface area contributed by atoms with Crippen LogP contribution in [0.1, 0.15) is 25.6 Å². The molecule has 1 rings (SSSR count). The standard InChI is InChI=1S/C12H19F3N4O/c1-3-16-9-7-10(19-11(18-9)8-20-2)17-6-4-5-12(13,14)15/h7H,3-6,8H2,1-2H3,(H2,16,17,18,19). The van der Waals surface area contributed by atoms with Crippen molar-refractivity contribution in [2.45, 2.75) is 32.5 Å². The van der Waals surface area contributed by atoms with Crippen molar-refractivity contribution in [3.8, 4) is 0 Å². The molecule has 0 atom stereocenters. The smallest absolute Gasteiger partial charge is 0.377 e. The van der Waals surface area contributed by atoms with Crippen LogP contribution in [-0.2, 0) is 11.3 Å². The molecule has 1 aromatic rings. The van der Waals surface area contributed by atoms with Gasteiger partial charge in [-0.15, -0.1) is 0 Å². The number of halogens is 3. The van der Waals surface area contributed by atoms with Gasteiger partial charge in [0.2, 0.25) is 0 Å². The largest absolute Gasteiger partial charge is 0.389 e. The molecule has 5 nitrogen and oxygen atoms in total. The van der Waals surface area contributed by atoms with Crippen molar-refractivity contribution in [2.75, 3.05) is 30.8 Å². The topological polar surface area (TPSA) is 59.1 Å². The van der Waals surface area contributed by atoms with Crippen LogP contribution in [-0.4, -0.2) is 36.3 Å². The van der Waals surface area contributed by atoms with Crippen LogP contribution in [0, 0.1) is 0 Å². The average Bonchev–Trinajstić information content (AvgIpc) is 2.34. The molecule has 0 aromatic carbocycles. The maximum absolute atomic E-state index is 12.0. The number of rotatable bonds is 8. The molecular formula is C12H19F3N4O. The molecular weight excluding hydrogens is 273 g/mol. The number of methoxy groups -OCH3 is 1. The lowest BCUT2D eigenvalue weighted by Gasteiger charge is -2.11. The summed E-state index contributed by atoms with van der Waals surface area (Å²) < 4.78 is 41.0. The first-order valence-corrected chi connectivity index (χ1v) is 6.36. The molecule has 8 heteroatoms. The van der Waals surface area contributed by atoms with E-state index < -0.39 is 12.6 Å². The number of hydrogen-bond acceptors (Lipinski definition) is 5. The molecule has 0 unspecified atom stereocenters. The van der Waals surface area contributed by atoms with E-state index in [0.717, 1.165) is 0 Å². The van der Waals surface area contributed by atoms with Gasteiger partial charge >= 0.3 is 6.18 Å². The van der Waals surface area contributed by atoms with E-state index in [1.54, 1.807) is 6.07 Å². The summed E-state index contributed by atoms with van der Waals surface area (Å²) in [5.74, 6) is 1.59. The minimum Gasteiger partial charge on any atom is -0.377 e. The number of anilines is 2. The lowest BCUT2D eigenvalue weighted by molar-refractivity contribution is -0.134. The monoisotopic (exact) mass is 292 g/mol. The van der Waals surface area contributed by atoms with E-state index in [2.05, 4.69) is 20.6 Å². The highest BCUT2D eigenvalue weighted by Gasteiger charge is 2.25. The van der Waals surface area contributed by atoms with E-state index in [9.17, 15) is 13.2 Å². The fourth-order valence-electron chi connectivity index (χ4n) is 1.56. The van der Waals surface area contributed by atoms with Crippen molar-refractivity contribution < 1.29 is 17.9 Å². The van der Waals surface area contributed by atoms with Crippen LogP contribution >= 0.6 is 0 Å². The van der Waals surface area contributed by atoms with Crippen LogP contribution in [0.3, 0.4) is 0 Å². The number of hydrogen-bond donors (Lipinski definition) is 2. The number of nitrogens with one attached hydrogen (secondary N) is 2. The fraction of sp³-hybridized carbons (Fsp3) is 0.667. The van der Waals surface area contributed by atoms with Gasteiger partial charge in [-0.25, -0.2) is 9.97 Å². The maximum Gasteiger partial charge on any atom is 0.389 e. The summed E-state index contributed by atoms with van der Waals surface area (Å²) in [6, 6.07) is 1.66. The molecule has 0 fully saturated rings. The summed E-state index contributed by atoms with van der Waals surface area (Å²) in [4.78, 5) is 8.38. The molecule has 0 radical (unpaired) electrons. The second kappa shape index (κ2) is 7.88. The summed E-state index contributed by atoms with van der Waals surface area (Å²) in [5.41, 5.74) is 0. The fourth-order valence-corrected chi connectivity index (χ4v) is 1.56. The first-order chi connectivity index (χ1) is 9.44. The number of alkyl halides is 3. The summed E-state index contributed by atoms with van der Waals surface area (Å²) in [5, 5.41) is 5.90. The minimum absolute atomic E-state index is 0.00362. The van der Waals surface area contributed by atoms with Crippen molar-refractivity contribution >= 4 is 11.6 Å². The van der Waals surface area contributed by atoms with Crippen LogP contribution in [0.5, 0.6) is 0 Å². The Morgan fingerprint density at radius 3 is 2.40 bits per heavy atom. The van der Waals surface area contributed by atoms with Crippen LogP contribution in [0.4, 0.5) is 24.8 Å². The highest BCUT2D eigenvalue weighted by atomic mass is 19.4. The molecule has 0 saturated heterocycles. The number of ether oxygens (including phenoxy) is 1. The van der Waals surface area contributed by atoms with E-state index in [1.165, 1.54) is 7.11 Å². The molecule has 1 aromatic heterocycles. The Morgan fingerprint density at radius 2 is 1.85 bits per heavy atom.